The number of carbonyl (C=O) groups is 2. The van der Waals surface area contributed by atoms with Crippen molar-refractivity contribution >= 4 is 12.0 Å². The van der Waals surface area contributed by atoms with Gasteiger partial charge < -0.3 is 54.0 Å². The summed E-state index contributed by atoms with van der Waals surface area (Å²) in [5.74, 6) is -0.341. The van der Waals surface area contributed by atoms with Crippen molar-refractivity contribution in [2.24, 2.45) is 5.92 Å². The maximum Gasteiger partial charge on any atom is 0.407 e. The number of alkyl carbamates (subject to hydrolysis) is 1. The van der Waals surface area contributed by atoms with Gasteiger partial charge in [-0.1, -0.05) is 66.7 Å². The molecule has 0 fully saturated rings. The molecule has 0 saturated carbocycles. The van der Waals surface area contributed by atoms with Crippen LogP contribution in [-0.2, 0) is 52.5 Å². The van der Waals surface area contributed by atoms with Crippen LogP contribution < -0.4 is 15.4 Å². The van der Waals surface area contributed by atoms with Gasteiger partial charge in [0, 0.05) is 26.6 Å². The Morgan fingerprint density at radius 1 is 0.722 bits per heavy atom. The molecule has 4 rings (SSSR count). The van der Waals surface area contributed by atoms with E-state index in [1.165, 1.54) is 0 Å². The molecule has 0 bridgehead atoms. The second kappa shape index (κ2) is 24.4. The predicted molar refractivity (Wildman–Crippen MR) is 201 cm³/mol. The molecule has 13 nitrogen and oxygen atoms in total. The van der Waals surface area contributed by atoms with Gasteiger partial charge in [-0.2, -0.15) is 0 Å². The molecule has 0 aliphatic heterocycles. The molecular weight excluding hydrogens is 696 g/mol. The second-order valence-corrected chi connectivity index (χ2v) is 13.1. The summed E-state index contributed by atoms with van der Waals surface area (Å²) < 4.78 is 37.4. The molecule has 3 aromatic rings. The molecule has 1 aliphatic carbocycles. The van der Waals surface area contributed by atoms with E-state index in [0.29, 0.717) is 77.9 Å². The highest BCUT2D eigenvalue weighted by atomic mass is 16.6. The number of fused-ring (bicyclic) bond motifs is 1. The van der Waals surface area contributed by atoms with Gasteiger partial charge in [-0.05, 0) is 53.6 Å². The van der Waals surface area contributed by atoms with Crippen molar-refractivity contribution < 1.29 is 53.0 Å². The Balaban J connectivity index is 1.37. The van der Waals surface area contributed by atoms with Crippen LogP contribution in [0.2, 0.25) is 0 Å². The Hall–Kier alpha value is -4.08. The van der Waals surface area contributed by atoms with Crippen molar-refractivity contribution in [3.05, 3.63) is 101 Å². The van der Waals surface area contributed by atoms with E-state index in [0.717, 1.165) is 22.3 Å². The molecule has 2 amide bonds. The molecule has 0 aromatic heterocycles. The standard InChI is InChI=1S/C41H56N2O11/c1-48-16-18-50-19-20-51-21-22-52-23-25-54-41(47)42-36(27-30-8-4-3-5-9-30)37(44)29-33(26-31-12-14-34(15-13-31)53-24-17-49-2)40(46)43-39-35-11-7-6-10-32(35)28-38(39)45/h3-15,33,36-39,44-45H,16-29H2,1-2H3,(H,42,47)(H,43,46)/t33?,36?,37?,38-,39-/m0/s1. The lowest BCUT2D eigenvalue weighted by Crippen LogP contribution is -2.47. The molecule has 0 spiro atoms. The Morgan fingerprint density at radius 3 is 2.00 bits per heavy atom. The summed E-state index contributed by atoms with van der Waals surface area (Å²) in [6.45, 7) is 3.68. The van der Waals surface area contributed by atoms with E-state index in [1.807, 2.05) is 78.9 Å². The van der Waals surface area contributed by atoms with Gasteiger partial charge in [0.1, 0.15) is 19.0 Å². The first-order chi connectivity index (χ1) is 26.4. The van der Waals surface area contributed by atoms with E-state index >= 15 is 0 Å². The van der Waals surface area contributed by atoms with E-state index in [4.69, 9.17) is 33.2 Å². The first kappa shape index (κ1) is 42.7. The van der Waals surface area contributed by atoms with E-state index in [1.54, 1.807) is 14.2 Å². The van der Waals surface area contributed by atoms with Crippen molar-refractivity contribution in [3.63, 3.8) is 0 Å². The average Bonchev–Trinajstić information content (AvgIpc) is 3.49. The fourth-order valence-corrected chi connectivity index (χ4v) is 6.23. The minimum Gasteiger partial charge on any atom is -0.491 e. The van der Waals surface area contributed by atoms with Crippen LogP contribution in [0.4, 0.5) is 4.79 Å². The number of hydrogen-bond acceptors (Lipinski definition) is 11. The topological polar surface area (TPSA) is 163 Å². The number of methoxy groups -OCH3 is 2. The molecule has 3 aromatic carbocycles. The van der Waals surface area contributed by atoms with Crippen LogP contribution >= 0.6 is 0 Å². The highest BCUT2D eigenvalue weighted by molar-refractivity contribution is 5.80. The van der Waals surface area contributed by atoms with Crippen molar-refractivity contribution in [1.82, 2.24) is 10.6 Å². The zero-order valence-corrected chi connectivity index (χ0v) is 31.4. The lowest BCUT2D eigenvalue weighted by molar-refractivity contribution is -0.127. The summed E-state index contributed by atoms with van der Waals surface area (Å²) in [4.78, 5) is 27.0. The number of amides is 2. The summed E-state index contributed by atoms with van der Waals surface area (Å²) in [7, 11) is 3.22. The van der Waals surface area contributed by atoms with Crippen LogP contribution in [0.5, 0.6) is 5.75 Å². The molecule has 296 valence electrons. The Bertz CT molecular complexity index is 1490. The monoisotopic (exact) mass is 752 g/mol. The van der Waals surface area contributed by atoms with Gasteiger partial charge in [0.05, 0.1) is 77.1 Å². The van der Waals surface area contributed by atoms with Crippen LogP contribution in [0.3, 0.4) is 0 Å². The molecular formula is C41H56N2O11. The minimum atomic E-state index is -1.13. The zero-order chi connectivity index (χ0) is 38.4. The maximum atomic E-state index is 14.1. The number of ether oxygens (including phenoxy) is 7. The molecule has 0 radical (unpaired) electrons. The van der Waals surface area contributed by atoms with Crippen LogP contribution in [0.25, 0.3) is 0 Å². The predicted octanol–water partition coefficient (Wildman–Crippen LogP) is 3.43. The third-order valence-corrected chi connectivity index (χ3v) is 9.06. The van der Waals surface area contributed by atoms with E-state index in [9.17, 15) is 19.8 Å². The number of nitrogens with one attached hydrogen (secondary N) is 2. The SMILES string of the molecule is COCCOCCOCCOCCOC(=O)NC(Cc1ccccc1)C(O)CC(Cc1ccc(OCCOC)cc1)C(=O)N[C@H]1c2ccccc2C[C@@H]1O. The first-order valence-corrected chi connectivity index (χ1v) is 18.5. The maximum absolute atomic E-state index is 14.1. The molecule has 4 N–H and O–H groups in total. The van der Waals surface area contributed by atoms with Gasteiger partial charge in [-0.25, -0.2) is 4.79 Å². The van der Waals surface area contributed by atoms with Crippen molar-refractivity contribution in [2.45, 2.75) is 50.0 Å². The van der Waals surface area contributed by atoms with E-state index in [-0.39, 0.29) is 25.5 Å². The molecule has 0 heterocycles. The van der Waals surface area contributed by atoms with E-state index in [2.05, 4.69) is 10.6 Å². The van der Waals surface area contributed by atoms with Crippen LogP contribution in [-0.4, -0.2) is 121 Å². The quantitative estimate of drug-likeness (QED) is 0.0890. The van der Waals surface area contributed by atoms with E-state index < -0.39 is 36.3 Å². The lowest BCUT2D eigenvalue weighted by atomic mass is 9.88. The van der Waals surface area contributed by atoms with Gasteiger partial charge >= 0.3 is 6.09 Å². The number of benzene rings is 3. The first-order valence-electron chi connectivity index (χ1n) is 18.5. The number of aliphatic hydroxyl groups excluding tert-OH is 2. The molecule has 0 saturated heterocycles. The molecule has 54 heavy (non-hydrogen) atoms. The fraction of sp³-hybridized carbons (Fsp3) is 0.512. The summed E-state index contributed by atoms with van der Waals surface area (Å²) in [5, 5.41) is 28.5. The van der Waals surface area contributed by atoms with Gasteiger partial charge in [0.2, 0.25) is 5.91 Å². The highest BCUT2D eigenvalue weighted by Crippen LogP contribution is 2.32. The average molecular weight is 753 g/mol. The summed E-state index contributed by atoms with van der Waals surface area (Å²) >= 11 is 0. The van der Waals surface area contributed by atoms with Crippen molar-refractivity contribution in [1.29, 1.82) is 0 Å². The van der Waals surface area contributed by atoms with Gasteiger partial charge in [0.25, 0.3) is 0 Å². The summed E-state index contributed by atoms with van der Waals surface area (Å²) in [6, 6.07) is 23.2. The Kier molecular flexibility index (Phi) is 19.2. The summed E-state index contributed by atoms with van der Waals surface area (Å²) in [6.07, 6.45) is -1.54. The molecule has 5 atom stereocenters. The fourth-order valence-electron chi connectivity index (χ4n) is 6.23. The Morgan fingerprint density at radius 2 is 1.31 bits per heavy atom. The van der Waals surface area contributed by atoms with Crippen LogP contribution in [0.1, 0.15) is 34.7 Å². The Labute approximate surface area is 318 Å². The van der Waals surface area contributed by atoms with Gasteiger partial charge in [-0.3, -0.25) is 4.79 Å². The number of hydrogen-bond donors (Lipinski definition) is 4. The normalized spacial score (nSPS) is 16.6. The zero-order valence-electron chi connectivity index (χ0n) is 31.4. The van der Waals surface area contributed by atoms with Gasteiger partial charge in [-0.15, -0.1) is 0 Å². The third-order valence-electron chi connectivity index (χ3n) is 9.06. The largest absolute Gasteiger partial charge is 0.491 e. The lowest BCUT2D eigenvalue weighted by Gasteiger charge is -2.28. The van der Waals surface area contributed by atoms with Gasteiger partial charge in [0.15, 0.2) is 0 Å². The molecule has 1 aliphatic rings. The molecule has 13 heteroatoms. The molecule has 3 unspecified atom stereocenters. The van der Waals surface area contributed by atoms with Crippen LogP contribution in [0, 0.1) is 5.92 Å². The highest BCUT2D eigenvalue weighted by Gasteiger charge is 2.35. The third kappa shape index (κ3) is 15.0. The van der Waals surface area contributed by atoms with Crippen molar-refractivity contribution in [2.75, 3.05) is 80.3 Å². The smallest absolute Gasteiger partial charge is 0.407 e. The number of rotatable bonds is 26. The van der Waals surface area contributed by atoms with Crippen molar-refractivity contribution in [3.8, 4) is 5.75 Å². The summed E-state index contributed by atoms with van der Waals surface area (Å²) in [5.41, 5.74) is 3.62. The minimum absolute atomic E-state index is 0.00150. The number of carbonyl (C=O) groups excluding carboxylic acids is 2. The second-order valence-electron chi connectivity index (χ2n) is 13.1. The van der Waals surface area contributed by atoms with Crippen LogP contribution in [0.15, 0.2) is 78.9 Å². The number of aliphatic hydroxyl groups is 2.